The van der Waals surface area contributed by atoms with Gasteiger partial charge in [-0.05, 0) is 33.1 Å². The van der Waals surface area contributed by atoms with Crippen LogP contribution in [0.3, 0.4) is 0 Å². The maximum atomic E-state index is 11.2. The SMILES string of the molecule is Cc1nc(C)n(C2CCC(N)(C(N)=O)C2)n1. The molecule has 1 aliphatic carbocycles. The molecule has 0 bridgehead atoms. The van der Waals surface area contributed by atoms with Gasteiger partial charge in [0, 0.05) is 0 Å². The number of hydrogen-bond acceptors (Lipinski definition) is 4. The molecule has 1 aromatic heterocycles. The molecule has 88 valence electrons. The van der Waals surface area contributed by atoms with Crippen molar-refractivity contribution in [1.29, 1.82) is 0 Å². The summed E-state index contributed by atoms with van der Waals surface area (Å²) < 4.78 is 1.85. The molecule has 0 aliphatic heterocycles. The predicted molar refractivity (Wildman–Crippen MR) is 58.5 cm³/mol. The van der Waals surface area contributed by atoms with Gasteiger partial charge in [-0.1, -0.05) is 0 Å². The number of nitrogens with two attached hydrogens (primary N) is 2. The number of rotatable bonds is 2. The molecular weight excluding hydrogens is 206 g/mol. The molecule has 0 radical (unpaired) electrons. The Hall–Kier alpha value is -1.43. The first-order valence-electron chi connectivity index (χ1n) is 5.41. The van der Waals surface area contributed by atoms with E-state index >= 15 is 0 Å². The van der Waals surface area contributed by atoms with E-state index < -0.39 is 11.4 Å². The highest BCUT2D eigenvalue weighted by atomic mass is 16.1. The third-order valence-electron chi connectivity index (χ3n) is 3.27. The Morgan fingerprint density at radius 1 is 1.56 bits per heavy atom. The molecule has 1 amide bonds. The van der Waals surface area contributed by atoms with E-state index in [1.165, 1.54) is 0 Å². The normalized spacial score (nSPS) is 29.6. The Labute approximate surface area is 94.0 Å². The van der Waals surface area contributed by atoms with Crippen molar-refractivity contribution in [3.63, 3.8) is 0 Å². The molecule has 2 unspecified atom stereocenters. The smallest absolute Gasteiger partial charge is 0.237 e. The first kappa shape index (κ1) is 11.1. The quantitative estimate of drug-likeness (QED) is 0.725. The second kappa shape index (κ2) is 3.55. The fourth-order valence-corrected chi connectivity index (χ4v) is 2.36. The van der Waals surface area contributed by atoms with Crippen molar-refractivity contribution in [3.05, 3.63) is 11.6 Å². The monoisotopic (exact) mass is 223 g/mol. The van der Waals surface area contributed by atoms with Crippen LogP contribution in [0.4, 0.5) is 0 Å². The van der Waals surface area contributed by atoms with Crippen LogP contribution in [0.25, 0.3) is 0 Å². The first-order chi connectivity index (χ1) is 7.42. The van der Waals surface area contributed by atoms with Crippen molar-refractivity contribution < 1.29 is 4.79 Å². The van der Waals surface area contributed by atoms with Gasteiger partial charge in [0.2, 0.25) is 5.91 Å². The summed E-state index contributed by atoms with van der Waals surface area (Å²) in [6, 6.07) is 0.138. The molecule has 4 N–H and O–H groups in total. The van der Waals surface area contributed by atoms with Crippen LogP contribution in [0.15, 0.2) is 0 Å². The maximum Gasteiger partial charge on any atom is 0.237 e. The van der Waals surface area contributed by atoms with Crippen molar-refractivity contribution in [2.45, 2.75) is 44.7 Å². The van der Waals surface area contributed by atoms with Crippen LogP contribution in [0.5, 0.6) is 0 Å². The van der Waals surface area contributed by atoms with Gasteiger partial charge in [0.15, 0.2) is 0 Å². The first-order valence-corrected chi connectivity index (χ1v) is 5.41. The average molecular weight is 223 g/mol. The summed E-state index contributed by atoms with van der Waals surface area (Å²) in [4.78, 5) is 15.5. The molecule has 1 aromatic rings. The number of hydrogen-bond donors (Lipinski definition) is 2. The van der Waals surface area contributed by atoms with E-state index in [2.05, 4.69) is 10.1 Å². The second-order valence-electron chi connectivity index (χ2n) is 4.57. The van der Waals surface area contributed by atoms with Crippen LogP contribution in [-0.4, -0.2) is 26.2 Å². The predicted octanol–water partition coefficient (Wildman–Crippen LogP) is -0.197. The van der Waals surface area contributed by atoms with Crippen LogP contribution >= 0.6 is 0 Å². The zero-order valence-electron chi connectivity index (χ0n) is 9.60. The van der Waals surface area contributed by atoms with Crippen LogP contribution in [0.2, 0.25) is 0 Å². The third-order valence-corrected chi connectivity index (χ3v) is 3.27. The Morgan fingerprint density at radius 3 is 2.69 bits per heavy atom. The molecule has 1 fully saturated rings. The van der Waals surface area contributed by atoms with E-state index in [0.29, 0.717) is 12.8 Å². The van der Waals surface area contributed by atoms with Gasteiger partial charge in [-0.15, -0.1) is 0 Å². The van der Waals surface area contributed by atoms with Crippen molar-refractivity contribution in [2.75, 3.05) is 0 Å². The maximum absolute atomic E-state index is 11.2. The molecule has 0 aromatic carbocycles. The van der Waals surface area contributed by atoms with E-state index in [4.69, 9.17) is 11.5 Å². The van der Waals surface area contributed by atoms with E-state index in [1.54, 1.807) is 0 Å². The lowest BCUT2D eigenvalue weighted by Crippen LogP contribution is -2.49. The van der Waals surface area contributed by atoms with E-state index in [9.17, 15) is 4.79 Å². The second-order valence-corrected chi connectivity index (χ2v) is 4.57. The van der Waals surface area contributed by atoms with Gasteiger partial charge in [0.25, 0.3) is 0 Å². The minimum absolute atomic E-state index is 0.138. The molecule has 2 atom stereocenters. The van der Waals surface area contributed by atoms with Crippen LogP contribution in [0.1, 0.15) is 37.0 Å². The Balaban J connectivity index is 2.21. The third kappa shape index (κ3) is 1.69. The fourth-order valence-electron chi connectivity index (χ4n) is 2.36. The molecule has 2 rings (SSSR count). The number of carbonyl (C=O) groups excluding carboxylic acids is 1. The molecule has 0 spiro atoms. The van der Waals surface area contributed by atoms with Crippen molar-refractivity contribution in [2.24, 2.45) is 11.5 Å². The highest BCUT2D eigenvalue weighted by molar-refractivity contribution is 5.84. The van der Waals surface area contributed by atoms with Crippen molar-refractivity contribution in [1.82, 2.24) is 14.8 Å². The molecular formula is C10H17N5O. The lowest BCUT2D eigenvalue weighted by Gasteiger charge is -2.19. The van der Waals surface area contributed by atoms with Gasteiger partial charge in [0.1, 0.15) is 11.6 Å². The number of carbonyl (C=O) groups is 1. The van der Waals surface area contributed by atoms with E-state index in [1.807, 2.05) is 18.5 Å². The van der Waals surface area contributed by atoms with Crippen molar-refractivity contribution in [3.8, 4) is 0 Å². The van der Waals surface area contributed by atoms with Crippen molar-refractivity contribution >= 4 is 5.91 Å². The largest absolute Gasteiger partial charge is 0.368 e. The fraction of sp³-hybridized carbons (Fsp3) is 0.700. The van der Waals surface area contributed by atoms with E-state index in [0.717, 1.165) is 18.1 Å². The minimum Gasteiger partial charge on any atom is -0.368 e. The van der Waals surface area contributed by atoms with Gasteiger partial charge in [-0.25, -0.2) is 9.67 Å². The zero-order chi connectivity index (χ0) is 11.9. The Morgan fingerprint density at radius 2 is 2.25 bits per heavy atom. The molecule has 1 aliphatic rings. The lowest BCUT2D eigenvalue weighted by atomic mass is 9.98. The summed E-state index contributed by atoms with van der Waals surface area (Å²) >= 11 is 0. The molecule has 6 heteroatoms. The number of primary amides is 1. The van der Waals surface area contributed by atoms with Crippen LogP contribution in [-0.2, 0) is 4.79 Å². The molecule has 6 nitrogen and oxygen atoms in total. The number of amides is 1. The number of nitrogens with zero attached hydrogens (tertiary/aromatic N) is 3. The van der Waals surface area contributed by atoms with Gasteiger partial charge >= 0.3 is 0 Å². The molecule has 1 heterocycles. The number of aromatic nitrogens is 3. The minimum atomic E-state index is -0.878. The lowest BCUT2D eigenvalue weighted by molar-refractivity contribution is -0.123. The Kier molecular flexibility index (Phi) is 2.46. The van der Waals surface area contributed by atoms with Crippen LogP contribution in [0, 0.1) is 13.8 Å². The van der Waals surface area contributed by atoms with Gasteiger partial charge in [-0.3, -0.25) is 4.79 Å². The highest BCUT2D eigenvalue weighted by Crippen LogP contribution is 2.36. The summed E-state index contributed by atoms with van der Waals surface area (Å²) in [5, 5.41) is 4.31. The van der Waals surface area contributed by atoms with Crippen LogP contribution < -0.4 is 11.5 Å². The summed E-state index contributed by atoms with van der Waals surface area (Å²) in [5.41, 5.74) is 10.4. The summed E-state index contributed by atoms with van der Waals surface area (Å²) in [6.45, 7) is 3.75. The molecule has 1 saturated carbocycles. The van der Waals surface area contributed by atoms with Gasteiger partial charge in [-0.2, -0.15) is 5.10 Å². The zero-order valence-corrected chi connectivity index (χ0v) is 9.60. The molecule has 0 saturated heterocycles. The highest BCUT2D eigenvalue weighted by Gasteiger charge is 2.42. The number of aryl methyl sites for hydroxylation is 2. The Bertz CT molecular complexity index is 427. The average Bonchev–Trinajstić information content (AvgIpc) is 2.71. The van der Waals surface area contributed by atoms with Gasteiger partial charge in [0.05, 0.1) is 11.6 Å². The van der Waals surface area contributed by atoms with Gasteiger partial charge < -0.3 is 11.5 Å². The summed E-state index contributed by atoms with van der Waals surface area (Å²) in [7, 11) is 0. The molecule has 16 heavy (non-hydrogen) atoms. The summed E-state index contributed by atoms with van der Waals surface area (Å²) in [6.07, 6.45) is 1.99. The standard InChI is InChI=1S/C10H17N5O/c1-6-13-7(2)15(14-6)8-3-4-10(12,5-8)9(11)16/h8H,3-5,12H2,1-2H3,(H2,11,16). The summed E-state index contributed by atoms with van der Waals surface area (Å²) in [5.74, 6) is 1.17. The van der Waals surface area contributed by atoms with E-state index in [-0.39, 0.29) is 6.04 Å². The topological polar surface area (TPSA) is 99.8 Å².